The Balaban J connectivity index is 1.35. The molecular weight excluding hydrogens is 362 g/mol. The van der Waals surface area contributed by atoms with Gasteiger partial charge in [0.05, 0.1) is 12.2 Å². The summed E-state index contributed by atoms with van der Waals surface area (Å²) in [5.74, 6) is 1.96. The van der Waals surface area contributed by atoms with Crippen molar-refractivity contribution in [3.63, 3.8) is 0 Å². The lowest BCUT2D eigenvalue weighted by Gasteiger charge is -2.36. The Kier molecular flexibility index (Phi) is 6.00. The van der Waals surface area contributed by atoms with Gasteiger partial charge in [-0.15, -0.1) is 0 Å². The van der Waals surface area contributed by atoms with Crippen LogP contribution in [0.25, 0.3) is 0 Å². The monoisotopic (exact) mass is 393 g/mol. The lowest BCUT2D eigenvalue weighted by molar-refractivity contribution is -0.00545. The molecule has 0 radical (unpaired) electrons. The minimum atomic E-state index is 0.236. The van der Waals surface area contributed by atoms with Crippen LogP contribution in [0.4, 0.5) is 5.82 Å². The van der Waals surface area contributed by atoms with Gasteiger partial charge in [-0.3, -0.25) is 4.99 Å². The van der Waals surface area contributed by atoms with Crippen LogP contribution < -0.4 is 10.2 Å². The van der Waals surface area contributed by atoms with Gasteiger partial charge in [-0.05, 0) is 43.0 Å². The maximum Gasteiger partial charge on any atom is 0.194 e. The molecule has 6 nitrogen and oxygen atoms in total. The van der Waals surface area contributed by atoms with Crippen molar-refractivity contribution in [3.8, 4) is 0 Å². The second-order valence-electron chi connectivity index (χ2n) is 8.03. The van der Waals surface area contributed by atoms with Crippen LogP contribution in [0, 0.1) is 0 Å². The van der Waals surface area contributed by atoms with Crippen LogP contribution in [0.2, 0.25) is 0 Å². The van der Waals surface area contributed by atoms with Crippen molar-refractivity contribution in [2.45, 2.75) is 45.6 Å². The summed E-state index contributed by atoms with van der Waals surface area (Å²) in [6.07, 6.45) is 3.50. The molecule has 3 heterocycles. The van der Waals surface area contributed by atoms with Crippen LogP contribution in [0.1, 0.15) is 30.5 Å². The SMILES string of the molecule is CN=C(NCc1ccc(N2CC(C)OC(C)C2)nc1)N1CCc2ccccc2C1. The molecular formula is C23H31N5O. The maximum atomic E-state index is 5.82. The summed E-state index contributed by atoms with van der Waals surface area (Å²) < 4.78 is 5.82. The van der Waals surface area contributed by atoms with Gasteiger partial charge in [0.1, 0.15) is 5.82 Å². The molecule has 0 amide bonds. The third kappa shape index (κ3) is 4.70. The number of ether oxygens (including phenoxy) is 1. The van der Waals surface area contributed by atoms with Crippen molar-refractivity contribution in [1.29, 1.82) is 0 Å². The molecule has 1 saturated heterocycles. The summed E-state index contributed by atoms with van der Waals surface area (Å²) in [6.45, 7) is 8.61. The minimum absolute atomic E-state index is 0.236. The number of aliphatic imine (C=N–C) groups is 1. The Hall–Kier alpha value is -2.60. The number of nitrogens with one attached hydrogen (secondary N) is 1. The number of hydrogen-bond donors (Lipinski definition) is 1. The predicted molar refractivity (Wildman–Crippen MR) is 117 cm³/mol. The van der Waals surface area contributed by atoms with Crippen molar-refractivity contribution in [3.05, 3.63) is 59.3 Å². The smallest absolute Gasteiger partial charge is 0.194 e. The van der Waals surface area contributed by atoms with E-state index in [4.69, 9.17) is 9.72 Å². The van der Waals surface area contributed by atoms with Crippen LogP contribution in [0.15, 0.2) is 47.6 Å². The Morgan fingerprint density at radius 1 is 1.14 bits per heavy atom. The maximum absolute atomic E-state index is 5.82. The quantitative estimate of drug-likeness (QED) is 0.642. The van der Waals surface area contributed by atoms with Crippen molar-refractivity contribution in [1.82, 2.24) is 15.2 Å². The molecule has 2 atom stereocenters. The Bertz CT molecular complexity index is 841. The third-order valence-corrected chi connectivity index (χ3v) is 5.65. The summed E-state index contributed by atoms with van der Waals surface area (Å²) in [5.41, 5.74) is 3.99. The molecule has 2 unspecified atom stereocenters. The Morgan fingerprint density at radius 2 is 1.90 bits per heavy atom. The second kappa shape index (κ2) is 8.82. The van der Waals surface area contributed by atoms with E-state index in [9.17, 15) is 0 Å². The molecule has 0 spiro atoms. The standard InChI is InChI=1S/C23H31N5O/c1-17-14-28(15-18(2)29-17)22-9-8-19(12-25-22)13-26-23(24-3)27-11-10-20-6-4-5-7-21(20)16-27/h4-9,12,17-18H,10-11,13-16H2,1-3H3,(H,24,26). The van der Waals surface area contributed by atoms with Crippen molar-refractivity contribution in [2.75, 3.05) is 31.6 Å². The van der Waals surface area contributed by atoms with Gasteiger partial charge >= 0.3 is 0 Å². The first-order valence-corrected chi connectivity index (χ1v) is 10.5. The van der Waals surface area contributed by atoms with Crippen molar-refractivity contribution in [2.24, 2.45) is 4.99 Å². The van der Waals surface area contributed by atoms with Crippen molar-refractivity contribution < 1.29 is 4.74 Å². The highest BCUT2D eigenvalue weighted by Gasteiger charge is 2.23. The fraction of sp³-hybridized carbons (Fsp3) is 0.478. The molecule has 2 aromatic rings. The highest BCUT2D eigenvalue weighted by atomic mass is 16.5. The third-order valence-electron chi connectivity index (χ3n) is 5.65. The van der Waals surface area contributed by atoms with Gasteiger partial charge in [-0.2, -0.15) is 0 Å². The zero-order chi connectivity index (χ0) is 20.2. The van der Waals surface area contributed by atoms with Crippen LogP contribution >= 0.6 is 0 Å². The second-order valence-corrected chi connectivity index (χ2v) is 8.03. The lowest BCUT2D eigenvalue weighted by atomic mass is 10.0. The van der Waals surface area contributed by atoms with E-state index >= 15 is 0 Å². The topological polar surface area (TPSA) is 53.0 Å². The van der Waals surface area contributed by atoms with Gasteiger partial charge in [-0.1, -0.05) is 30.3 Å². The number of rotatable bonds is 3. The average Bonchev–Trinajstić information content (AvgIpc) is 2.74. The van der Waals surface area contributed by atoms with Gasteiger partial charge in [0.15, 0.2) is 5.96 Å². The molecule has 2 aliphatic heterocycles. The molecule has 0 saturated carbocycles. The molecule has 154 valence electrons. The van der Waals surface area contributed by atoms with Gasteiger partial charge in [0.25, 0.3) is 0 Å². The molecule has 1 N–H and O–H groups in total. The van der Waals surface area contributed by atoms with E-state index in [2.05, 4.69) is 70.4 Å². The van der Waals surface area contributed by atoms with Crippen LogP contribution in [-0.2, 0) is 24.2 Å². The van der Waals surface area contributed by atoms with E-state index < -0.39 is 0 Å². The van der Waals surface area contributed by atoms with E-state index in [1.807, 2.05) is 13.2 Å². The molecule has 1 aromatic heterocycles. The molecule has 6 heteroatoms. The van der Waals surface area contributed by atoms with E-state index in [0.717, 1.165) is 49.9 Å². The van der Waals surface area contributed by atoms with Crippen LogP contribution in [-0.4, -0.2) is 54.7 Å². The highest BCUT2D eigenvalue weighted by molar-refractivity contribution is 5.80. The van der Waals surface area contributed by atoms with Crippen LogP contribution in [0.3, 0.4) is 0 Å². The predicted octanol–water partition coefficient (Wildman–Crippen LogP) is 2.83. The number of aromatic nitrogens is 1. The Labute approximate surface area is 173 Å². The summed E-state index contributed by atoms with van der Waals surface area (Å²) >= 11 is 0. The number of guanidine groups is 1. The normalized spacial score (nSPS) is 22.4. The van der Waals surface area contributed by atoms with Crippen LogP contribution in [0.5, 0.6) is 0 Å². The highest BCUT2D eigenvalue weighted by Crippen LogP contribution is 2.20. The number of anilines is 1. The van der Waals surface area contributed by atoms with E-state index in [1.165, 1.54) is 11.1 Å². The minimum Gasteiger partial charge on any atom is -0.372 e. The van der Waals surface area contributed by atoms with Gasteiger partial charge < -0.3 is 19.9 Å². The molecule has 4 rings (SSSR count). The number of morpholine rings is 1. The molecule has 0 aliphatic carbocycles. The fourth-order valence-electron chi connectivity index (χ4n) is 4.26. The first-order chi connectivity index (χ1) is 14.1. The zero-order valence-corrected chi connectivity index (χ0v) is 17.6. The Morgan fingerprint density at radius 3 is 2.59 bits per heavy atom. The zero-order valence-electron chi connectivity index (χ0n) is 17.6. The number of nitrogens with zero attached hydrogens (tertiary/aromatic N) is 4. The molecule has 1 fully saturated rings. The molecule has 29 heavy (non-hydrogen) atoms. The average molecular weight is 394 g/mol. The van der Waals surface area contributed by atoms with E-state index in [0.29, 0.717) is 6.54 Å². The first-order valence-electron chi connectivity index (χ1n) is 10.5. The first kappa shape index (κ1) is 19.7. The lowest BCUT2D eigenvalue weighted by Crippen LogP contribution is -2.45. The van der Waals surface area contributed by atoms with E-state index in [1.54, 1.807) is 0 Å². The van der Waals surface area contributed by atoms with Gasteiger partial charge in [0.2, 0.25) is 0 Å². The summed E-state index contributed by atoms with van der Waals surface area (Å²) in [4.78, 5) is 13.8. The molecule has 1 aromatic carbocycles. The number of benzene rings is 1. The summed E-state index contributed by atoms with van der Waals surface area (Å²) in [6, 6.07) is 12.9. The van der Waals surface area contributed by atoms with E-state index in [-0.39, 0.29) is 12.2 Å². The van der Waals surface area contributed by atoms with Gasteiger partial charge in [0, 0.05) is 46.0 Å². The largest absolute Gasteiger partial charge is 0.372 e. The summed E-state index contributed by atoms with van der Waals surface area (Å²) in [5, 5.41) is 3.50. The molecule has 2 aliphatic rings. The fourth-order valence-corrected chi connectivity index (χ4v) is 4.26. The number of hydrogen-bond acceptors (Lipinski definition) is 4. The van der Waals surface area contributed by atoms with Crippen molar-refractivity contribution >= 4 is 11.8 Å². The number of pyridine rings is 1. The van der Waals surface area contributed by atoms with Gasteiger partial charge in [-0.25, -0.2) is 4.98 Å². The molecule has 0 bridgehead atoms. The number of fused-ring (bicyclic) bond motifs is 1. The summed E-state index contributed by atoms with van der Waals surface area (Å²) in [7, 11) is 1.85.